The summed E-state index contributed by atoms with van der Waals surface area (Å²) in [7, 11) is 0. The van der Waals surface area contributed by atoms with Crippen LogP contribution in [0.25, 0.3) is 11.1 Å². The number of nitrogens with one attached hydrogen (secondary N) is 3. The number of aromatic nitrogens is 3. The van der Waals surface area contributed by atoms with Gasteiger partial charge in [-0.15, -0.1) is 0 Å². The van der Waals surface area contributed by atoms with Crippen LogP contribution < -0.4 is 16.4 Å². The zero-order valence-electron chi connectivity index (χ0n) is 14.0. The number of nitrogens with zero attached hydrogens (tertiary/aromatic N) is 2. The van der Waals surface area contributed by atoms with E-state index in [0.29, 0.717) is 22.6 Å². The first kappa shape index (κ1) is 16.7. The molecule has 2 heterocycles. The molecule has 0 aliphatic carbocycles. The van der Waals surface area contributed by atoms with Crippen LogP contribution in [0.3, 0.4) is 0 Å². The Hall–Kier alpha value is -3.75. The summed E-state index contributed by atoms with van der Waals surface area (Å²) in [5, 5.41) is 5.76. The monoisotopic (exact) mass is 369 g/mol. The molecule has 7 nitrogen and oxygen atoms in total. The normalized spacial score (nSPS) is 10.9. The minimum Gasteiger partial charge on any atom is -0.408 e. The van der Waals surface area contributed by atoms with Crippen molar-refractivity contribution < 1.29 is 13.2 Å². The molecule has 0 saturated carbocycles. The second-order valence-electron chi connectivity index (χ2n) is 5.82. The highest BCUT2D eigenvalue weighted by Gasteiger charge is 2.09. The van der Waals surface area contributed by atoms with E-state index in [2.05, 4.69) is 25.6 Å². The Bertz CT molecular complexity index is 1200. The first-order valence-corrected chi connectivity index (χ1v) is 7.93. The summed E-state index contributed by atoms with van der Waals surface area (Å²) in [6.07, 6.45) is 1.55. The Kier molecular flexibility index (Phi) is 4.03. The van der Waals surface area contributed by atoms with Gasteiger partial charge < -0.3 is 15.1 Å². The summed E-state index contributed by atoms with van der Waals surface area (Å²) in [5.74, 6) is -1.17. The number of aromatic amines is 1. The van der Waals surface area contributed by atoms with Crippen LogP contribution in [-0.4, -0.2) is 15.0 Å². The zero-order valence-corrected chi connectivity index (χ0v) is 14.0. The fraction of sp³-hybridized carbons (Fsp3) is 0.0556. The SMILES string of the molecule is Cc1cnc(Nc2cc(F)ccc2F)nc1Nc1ccc2oc(=O)[nH]c2c1. The fourth-order valence-corrected chi connectivity index (χ4v) is 2.51. The molecule has 4 rings (SSSR count). The molecule has 27 heavy (non-hydrogen) atoms. The van der Waals surface area contributed by atoms with Crippen molar-refractivity contribution in [2.75, 3.05) is 10.6 Å². The molecule has 0 spiro atoms. The summed E-state index contributed by atoms with van der Waals surface area (Å²) in [4.78, 5) is 22.2. The van der Waals surface area contributed by atoms with Gasteiger partial charge in [0, 0.05) is 23.5 Å². The quantitative estimate of drug-likeness (QED) is 0.503. The lowest BCUT2D eigenvalue weighted by Gasteiger charge is -2.11. The van der Waals surface area contributed by atoms with Crippen LogP contribution in [0.4, 0.5) is 31.9 Å². The second-order valence-corrected chi connectivity index (χ2v) is 5.82. The molecule has 0 unspecified atom stereocenters. The largest absolute Gasteiger partial charge is 0.417 e. The van der Waals surface area contributed by atoms with E-state index in [1.165, 1.54) is 0 Å². The highest BCUT2D eigenvalue weighted by atomic mass is 19.1. The van der Waals surface area contributed by atoms with Gasteiger partial charge in [0.2, 0.25) is 5.95 Å². The number of hydrogen-bond donors (Lipinski definition) is 3. The first-order valence-electron chi connectivity index (χ1n) is 7.93. The van der Waals surface area contributed by atoms with E-state index in [-0.39, 0.29) is 11.6 Å². The molecule has 136 valence electrons. The van der Waals surface area contributed by atoms with Gasteiger partial charge in [0.25, 0.3) is 0 Å². The predicted octanol–water partition coefficient (Wildman–Crippen LogP) is 3.98. The highest BCUT2D eigenvalue weighted by Crippen LogP contribution is 2.24. The summed E-state index contributed by atoms with van der Waals surface area (Å²) in [6.45, 7) is 1.80. The van der Waals surface area contributed by atoms with Crippen molar-refractivity contribution in [2.24, 2.45) is 0 Å². The van der Waals surface area contributed by atoms with Gasteiger partial charge in [-0.1, -0.05) is 0 Å². The average Bonchev–Trinajstić information content (AvgIpc) is 3.00. The average molecular weight is 369 g/mol. The Labute approximate surface area is 151 Å². The van der Waals surface area contributed by atoms with Gasteiger partial charge in [-0.25, -0.2) is 18.6 Å². The number of H-pyrrole nitrogens is 1. The Morgan fingerprint density at radius 1 is 1.11 bits per heavy atom. The lowest BCUT2D eigenvalue weighted by molar-refractivity contribution is 0.555. The third kappa shape index (κ3) is 3.47. The molecule has 0 fully saturated rings. The number of fused-ring (bicyclic) bond motifs is 1. The van der Waals surface area contributed by atoms with Crippen LogP contribution in [0.2, 0.25) is 0 Å². The van der Waals surface area contributed by atoms with Gasteiger partial charge in [0.15, 0.2) is 5.58 Å². The van der Waals surface area contributed by atoms with E-state index in [0.717, 1.165) is 23.8 Å². The molecule has 0 saturated heterocycles. The summed E-state index contributed by atoms with van der Waals surface area (Å²) in [5.41, 5.74) is 2.30. The number of rotatable bonds is 4. The molecular weight excluding hydrogens is 356 g/mol. The van der Waals surface area contributed by atoms with Crippen molar-refractivity contribution in [3.05, 3.63) is 70.3 Å². The van der Waals surface area contributed by atoms with E-state index in [4.69, 9.17) is 4.42 Å². The summed E-state index contributed by atoms with van der Waals surface area (Å²) >= 11 is 0. The molecule has 0 radical (unpaired) electrons. The highest BCUT2D eigenvalue weighted by molar-refractivity contribution is 5.78. The number of benzene rings is 2. The molecule has 0 aliphatic rings. The summed E-state index contributed by atoms with van der Waals surface area (Å²) in [6, 6.07) is 8.13. The van der Waals surface area contributed by atoms with E-state index < -0.39 is 17.4 Å². The number of aryl methyl sites for hydroxylation is 1. The third-order valence-electron chi connectivity index (χ3n) is 3.83. The maximum atomic E-state index is 13.8. The van der Waals surface area contributed by atoms with Crippen LogP contribution in [0, 0.1) is 18.6 Å². The standard InChI is InChI=1S/C18H13F2N5O2/c1-9-8-21-17(23-13-6-10(19)2-4-12(13)20)25-16(9)22-11-3-5-15-14(7-11)24-18(26)27-15/h2-8H,1H3,(H,24,26)(H2,21,22,23,25). The van der Waals surface area contributed by atoms with Crippen LogP contribution >= 0.6 is 0 Å². The molecule has 0 atom stereocenters. The lowest BCUT2D eigenvalue weighted by atomic mass is 10.2. The molecule has 2 aromatic heterocycles. The predicted molar refractivity (Wildman–Crippen MR) is 96.5 cm³/mol. The number of hydrogen-bond acceptors (Lipinski definition) is 6. The first-order chi connectivity index (χ1) is 13.0. The Morgan fingerprint density at radius 3 is 2.81 bits per heavy atom. The Morgan fingerprint density at radius 2 is 1.96 bits per heavy atom. The Balaban J connectivity index is 1.63. The van der Waals surface area contributed by atoms with Gasteiger partial charge in [0.1, 0.15) is 17.5 Å². The van der Waals surface area contributed by atoms with Crippen molar-refractivity contribution in [3.63, 3.8) is 0 Å². The van der Waals surface area contributed by atoms with E-state index >= 15 is 0 Å². The number of halogens is 2. The smallest absolute Gasteiger partial charge is 0.408 e. The van der Waals surface area contributed by atoms with Crippen molar-refractivity contribution in [3.8, 4) is 0 Å². The van der Waals surface area contributed by atoms with Crippen LogP contribution in [-0.2, 0) is 0 Å². The van der Waals surface area contributed by atoms with Gasteiger partial charge in [0.05, 0.1) is 11.2 Å². The topological polar surface area (TPSA) is 95.8 Å². The van der Waals surface area contributed by atoms with Crippen LogP contribution in [0.15, 0.2) is 51.8 Å². The van der Waals surface area contributed by atoms with Gasteiger partial charge >= 0.3 is 5.76 Å². The molecule has 9 heteroatoms. The number of oxazole rings is 1. The zero-order chi connectivity index (χ0) is 19.0. The van der Waals surface area contributed by atoms with Crippen molar-refractivity contribution >= 4 is 34.2 Å². The molecule has 4 aromatic rings. The van der Waals surface area contributed by atoms with E-state index in [1.54, 1.807) is 31.3 Å². The van der Waals surface area contributed by atoms with Crippen LogP contribution in [0.1, 0.15) is 5.56 Å². The minimum atomic E-state index is -0.621. The third-order valence-corrected chi connectivity index (χ3v) is 3.83. The second kappa shape index (κ2) is 6.52. The number of anilines is 4. The van der Waals surface area contributed by atoms with Gasteiger partial charge in [-0.2, -0.15) is 4.98 Å². The molecule has 3 N–H and O–H groups in total. The molecule has 2 aromatic carbocycles. The molecular formula is C18H13F2N5O2. The van der Waals surface area contributed by atoms with Gasteiger partial charge in [-0.05, 0) is 37.3 Å². The molecule has 0 amide bonds. The maximum Gasteiger partial charge on any atom is 0.417 e. The summed E-state index contributed by atoms with van der Waals surface area (Å²) < 4.78 is 32.1. The van der Waals surface area contributed by atoms with Crippen molar-refractivity contribution in [1.29, 1.82) is 0 Å². The van der Waals surface area contributed by atoms with Crippen molar-refractivity contribution in [2.45, 2.75) is 6.92 Å². The van der Waals surface area contributed by atoms with Gasteiger partial charge in [-0.3, -0.25) is 4.98 Å². The fourth-order valence-electron chi connectivity index (χ4n) is 2.51. The maximum absolute atomic E-state index is 13.8. The lowest BCUT2D eigenvalue weighted by Crippen LogP contribution is -2.04. The minimum absolute atomic E-state index is 0.0674. The molecule has 0 aliphatic heterocycles. The molecule has 0 bridgehead atoms. The van der Waals surface area contributed by atoms with E-state index in [1.807, 2.05) is 0 Å². The van der Waals surface area contributed by atoms with Crippen molar-refractivity contribution in [1.82, 2.24) is 15.0 Å². The van der Waals surface area contributed by atoms with E-state index in [9.17, 15) is 13.6 Å². The van der Waals surface area contributed by atoms with Crippen LogP contribution in [0.5, 0.6) is 0 Å².